The van der Waals surface area contributed by atoms with Gasteiger partial charge in [0.25, 0.3) is 0 Å². The molecule has 1 aromatic carbocycles. The van der Waals surface area contributed by atoms with E-state index >= 15 is 0 Å². The third-order valence-corrected chi connectivity index (χ3v) is 9.81. The molecular weight excluding hydrogens is 499 g/mol. The average Bonchev–Trinajstić information content (AvgIpc) is 3.42. The second-order valence-electron chi connectivity index (χ2n) is 12.8. The van der Waals surface area contributed by atoms with E-state index in [1.54, 1.807) is 6.07 Å². The zero-order valence-electron chi connectivity index (χ0n) is 22.8. The lowest BCUT2D eigenvalue weighted by Gasteiger charge is -2.44. The van der Waals surface area contributed by atoms with Gasteiger partial charge in [0.05, 0.1) is 29.0 Å². The zero-order valence-corrected chi connectivity index (χ0v) is 22.8. The predicted molar refractivity (Wildman–Crippen MR) is 144 cm³/mol. The minimum Gasteiger partial charge on any atom is -0.508 e. The van der Waals surface area contributed by atoms with E-state index in [9.17, 15) is 14.6 Å². The molecule has 5 aliphatic rings. The van der Waals surface area contributed by atoms with E-state index in [0.717, 1.165) is 80.7 Å². The molecular formula is C30H39FN4O4. The fourth-order valence-corrected chi connectivity index (χ4v) is 7.93. The van der Waals surface area contributed by atoms with Crippen molar-refractivity contribution in [3.63, 3.8) is 0 Å². The first-order chi connectivity index (χ1) is 18.7. The molecule has 1 aliphatic carbocycles. The molecule has 1 spiro atoms. The summed E-state index contributed by atoms with van der Waals surface area (Å²) >= 11 is 0. The maximum atomic E-state index is 14.4. The van der Waals surface area contributed by atoms with Crippen molar-refractivity contribution in [1.29, 1.82) is 0 Å². The van der Waals surface area contributed by atoms with Gasteiger partial charge in [0.15, 0.2) is 0 Å². The Morgan fingerprint density at radius 3 is 2.90 bits per heavy atom. The van der Waals surface area contributed by atoms with Gasteiger partial charge in [-0.25, -0.2) is 4.39 Å². The van der Waals surface area contributed by atoms with Crippen molar-refractivity contribution >= 4 is 5.82 Å². The number of aryl methyl sites for hydroxylation is 1. The summed E-state index contributed by atoms with van der Waals surface area (Å²) in [6.07, 6.45) is 6.68. The largest absolute Gasteiger partial charge is 0.508 e. The van der Waals surface area contributed by atoms with Gasteiger partial charge in [0.1, 0.15) is 24.3 Å². The van der Waals surface area contributed by atoms with Crippen LogP contribution in [0.2, 0.25) is 0 Å². The minimum atomic E-state index is -0.815. The molecule has 0 bridgehead atoms. The molecule has 1 aromatic heterocycles. The van der Waals surface area contributed by atoms with Crippen LogP contribution in [0.25, 0.3) is 0 Å². The Hall–Kier alpha value is -2.49. The summed E-state index contributed by atoms with van der Waals surface area (Å²) in [5.74, 6) is 1.02. The number of alkyl halides is 1. The number of anilines is 1. The number of aromatic nitrogens is 2. The fourth-order valence-electron chi connectivity index (χ4n) is 7.93. The van der Waals surface area contributed by atoms with Crippen LogP contribution in [0, 0.1) is 0 Å². The van der Waals surface area contributed by atoms with Gasteiger partial charge in [-0.1, -0.05) is 6.07 Å². The maximum absolute atomic E-state index is 14.4. The summed E-state index contributed by atoms with van der Waals surface area (Å²) in [6, 6.07) is 5.93. The molecule has 4 aliphatic heterocycles. The highest BCUT2D eigenvalue weighted by Gasteiger charge is 2.50. The van der Waals surface area contributed by atoms with E-state index in [4.69, 9.17) is 19.4 Å². The van der Waals surface area contributed by atoms with E-state index in [2.05, 4.69) is 9.80 Å². The summed E-state index contributed by atoms with van der Waals surface area (Å²) in [4.78, 5) is 14.3. The van der Waals surface area contributed by atoms with Crippen LogP contribution in [0.15, 0.2) is 18.2 Å². The van der Waals surface area contributed by atoms with Crippen molar-refractivity contribution in [1.82, 2.24) is 14.9 Å². The lowest BCUT2D eigenvalue weighted by Crippen LogP contribution is -2.47. The van der Waals surface area contributed by atoms with Crippen LogP contribution in [0.3, 0.4) is 0 Å². The van der Waals surface area contributed by atoms with Crippen LogP contribution in [-0.4, -0.2) is 75.2 Å². The van der Waals surface area contributed by atoms with Gasteiger partial charge in [0.2, 0.25) is 0 Å². The lowest BCUT2D eigenvalue weighted by atomic mass is 9.74. The third-order valence-electron chi connectivity index (χ3n) is 9.81. The molecule has 0 radical (unpaired) electrons. The van der Waals surface area contributed by atoms with Crippen LogP contribution in [0.5, 0.6) is 11.8 Å². The molecule has 3 saturated heterocycles. The molecule has 4 atom stereocenters. The summed E-state index contributed by atoms with van der Waals surface area (Å²) in [7, 11) is 0. The summed E-state index contributed by atoms with van der Waals surface area (Å²) in [5, 5.41) is 21.2. The summed E-state index contributed by atoms with van der Waals surface area (Å²) < 4.78 is 27.4. The number of nitrogens with zero attached hydrogens (tertiary/aromatic N) is 4. The second-order valence-corrected chi connectivity index (χ2v) is 12.8. The number of halogens is 1. The molecule has 9 heteroatoms. The highest BCUT2D eigenvalue weighted by molar-refractivity contribution is 5.53. The average molecular weight is 539 g/mol. The highest BCUT2D eigenvalue weighted by Crippen LogP contribution is 2.47. The normalized spacial score (nSPS) is 34.1. The number of fused-ring (bicyclic) bond motifs is 4. The van der Waals surface area contributed by atoms with Crippen molar-refractivity contribution < 1.29 is 24.1 Å². The van der Waals surface area contributed by atoms with Gasteiger partial charge >= 0.3 is 6.01 Å². The van der Waals surface area contributed by atoms with Crippen molar-refractivity contribution in [3.05, 3.63) is 40.6 Å². The number of aromatic hydroxyl groups is 1. The number of rotatable bonds is 4. The molecule has 210 valence electrons. The molecule has 3 fully saturated rings. The topological polar surface area (TPSA) is 91.2 Å². The molecule has 8 nitrogen and oxygen atoms in total. The first-order valence-electron chi connectivity index (χ1n) is 14.6. The van der Waals surface area contributed by atoms with Crippen LogP contribution in [0.4, 0.5) is 10.2 Å². The number of β-amino-alcohol motifs (C(OH)–C–C–N with tert-alkyl or cyclic N) is 1. The number of phenols is 1. The SMILES string of the molecule is C[C@@]1(O)CCCN(c2nc(OC[C@@]34CCCN3C[C@H](F)C4)nc3c2CO[C@@]2(CCCc4ccc(O)cc42)C3)C1. The van der Waals surface area contributed by atoms with Gasteiger partial charge in [-0.2, -0.15) is 9.97 Å². The van der Waals surface area contributed by atoms with Crippen LogP contribution >= 0.6 is 0 Å². The number of aliphatic hydroxyl groups is 1. The Labute approximate surface area is 229 Å². The second kappa shape index (κ2) is 9.28. The van der Waals surface area contributed by atoms with Crippen molar-refractivity contribution in [2.45, 2.75) is 94.2 Å². The molecule has 39 heavy (non-hydrogen) atoms. The van der Waals surface area contributed by atoms with E-state index < -0.39 is 17.4 Å². The van der Waals surface area contributed by atoms with Gasteiger partial charge in [-0.3, -0.25) is 4.90 Å². The third kappa shape index (κ3) is 4.46. The molecule has 2 aromatic rings. The smallest absolute Gasteiger partial charge is 0.318 e. The summed E-state index contributed by atoms with van der Waals surface area (Å²) in [6.45, 7) is 5.29. The Morgan fingerprint density at radius 2 is 2.03 bits per heavy atom. The molecule has 2 N–H and O–H groups in total. The van der Waals surface area contributed by atoms with Crippen molar-refractivity contribution in [2.24, 2.45) is 0 Å². The Balaban J connectivity index is 1.25. The van der Waals surface area contributed by atoms with Crippen molar-refractivity contribution in [3.8, 4) is 11.8 Å². The van der Waals surface area contributed by atoms with Gasteiger partial charge in [0, 0.05) is 38.0 Å². The first kappa shape index (κ1) is 25.5. The first-order valence-corrected chi connectivity index (χ1v) is 14.6. The molecule has 5 heterocycles. The zero-order chi connectivity index (χ0) is 26.8. The van der Waals surface area contributed by atoms with Crippen LogP contribution < -0.4 is 9.64 Å². The molecule has 0 saturated carbocycles. The number of benzene rings is 1. The van der Waals surface area contributed by atoms with Gasteiger partial charge in [-0.15, -0.1) is 0 Å². The van der Waals surface area contributed by atoms with Crippen LogP contribution in [-0.2, 0) is 29.8 Å². The van der Waals surface area contributed by atoms with E-state index in [1.807, 2.05) is 19.1 Å². The van der Waals surface area contributed by atoms with Crippen LogP contribution in [0.1, 0.15) is 74.3 Å². The van der Waals surface area contributed by atoms with Gasteiger partial charge < -0.3 is 24.6 Å². The Bertz CT molecular complexity index is 1270. The highest BCUT2D eigenvalue weighted by atomic mass is 19.1. The van der Waals surface area contributed by atoms with Crippen molar-refractivity contribution in [2.75, 3.05) is 37.7 Å². The number of phenolic OH excluding ortho intramolecular Hbond substituents is 1. The minimum absolute atomic E-state index is 0.246. The van der Waals surface area contributed by atoms with E-state index in [1.165, 1.54) is 5.56 Å². The maximum Gasteiger partial charge on any atom is 0.318 e. The van der Waals surface area contributed by atoms with Gasteiger partial charge in [-0.05, 0) is 81.7 Å². The van der Waals surface area contributed by atoms with E-state index in [-0.39, 0.29) is 11.3 Å². The quantitative estimate of drug-likeness (QED) is 0.608. The van der Waals surface area contributed by atoms with E-state index in [0.29, 0.717) is 45.2 Å². The standard InChI is InChI=1S/C30H39FN4O4/c1-28(37)8-3-11-34(18-28)26-23-17-39-30(10-2-5-20-6-7-22(36)13-24(20)30)15-25(23)32-27(33-26)38-19-29-9-4-12-35(29)16-21(31)14-29/h6-7,13,21,36-37H,2-5,8-12,14-19H2,1H3/t21-,28-,29+,30+/m1/s1. The monoisotopic (exact) mass is 538 g/mol. The number of ether oxygens (including phenoxy) is 2. The molecule has 7 rings (SSSR count). The number of hydrogen-bond donors (Lipinski definition) is 2. The predicted octanol–water partition coefficient (Wildman–Crippen LogP) is 3.79. The molecule has 0 unspecified atom stereocenters. The summed E-state index contributed by atoms with van der Waals surface area (Å²) in [5.41, 5.74) is 2.48. The Kier molecular flexibility index (Phi) is 6.06. The molecule has 0 amide bonds. The number of hydrogen-bond acceptors (Lipinski definition) is 8. The number of piperidine rings is 1. The fraction of sp³-hybridized carbons (Fsp3) is 0.667. The Morgan fingerprint density at radius 1 is 1.15 bits per heavy atom. The lowest BCUT2D eigenvalue weighted by molar-refractivity contribution is -0.0857.